The Bertz CT molecular complexity index is 950. The SMILES string of the molecule is CCC(C)NC(=O)c1ccc(NC(=O)CNc2cccc(C(=O)N3CCCCCC3)c2)cc1. The molecule has 2 aromatic carbocycles. The Hall–Kier alpha value is -3.35. The molecule has 1 aliphatic rings. The molecule has 0 spiro atoms. The van der Waals surface area contributed by atoms with E-state index in [1.54, 1.807) is 30.3 Å². The summed E-state index contributed by atoms with van der Waals surface area (Å²) in [5, 5.41) is 8.82. The third-order valence-corrected chi connectivity index (χ3v) is 5.88. The number of nitrogens with one attached hydrogen (secondary N) is 3. The number of likely N-dealkylation sites (tertiary alicyclic amines) is 1. The van der Waals surface area contributed by atoms with Gasteiger partial charge in [0.2, 0.25) is 5.91 Å². The normalized spacial score (nSPS) is 14.7. The molecule has 0 radical (unpaired) electrons. The van der Waals surface area contributed by atoms with E-state index in [2.05, 4.69) is 16.0 Å². The third-order valence-electron chi connectivity index (χ3n) is 5.88. The number of carbonyl (C=O) groups is 3. The lowest BCUT2D eigenvalue weighted by atomic mass is 10.1. The van der Waals surface area contributed by atoms with E-state index in [0.29, 0.717) is 16.8 Å². The molecule has 1 unspecified atom stereocenters. The van der Waals surface area contributed by atoms with Crippen molar-refractivity contribution < 1.29 is 14.4 Å². The molecule has 0 aromatic heterocycles. The summed E-state index contributed by atoms with van der Waals surface area (Å²) >= 11 is 0. The Morgan fingerprint density at radius 3 is 2.27 bits per heavy atom. The van der Waals surface area contributed by atoms with Crippen molar-refractivity contribution in [2.75, 3.05) is 30.3 Å². The molecule has 3 rings (SSSR count). The molecule has 7 heteroatoms. The van der Waals surface area contributed by atoms with Gasteiger partial charge in [-0.3, -0.25) is 14.4 Å². The van der Waals surface area contributed by atoms with Gasteiger partial charge in [-0.25, -0.2) is 0 Å². The summed E-state index contributed by atoms with van der Waals surface area (Å²) in [6.45, 7) is 5.65. The van der Waals surface area contributed by atoms with Crippen LogP contribution in [0, 0.1) is 0 Å². The van der Waals surface area contributed by atoms with E-state index in [0.717, 1.165) is 38.0 Å². The molecule has 3 N–H and O–H groups in total. The second kappa shape index (κ2) is 12.0. The maximum absolute atomic E-state index is 12.8. The number of nitrogens with zero attached hydrogens (tertiary/aromatic N) is 1. The van der Waals surface area contributed by atoms with Crippen LogP contribution in [0.3, 0.4) is 0 Å². The summed E-state index contributed by atoms with van der Waals surface area (Å²) < 4.78 is 0. The summed E-state index contributed by atoms with van der Waals surface area (Å²) in [4.78, 5) is 39.3. The van der Waals surface area contributed by atoms with Crippen LogP contribution in [0.2, 0.25) is 0 Å². The van der Waals surface area contributed by atoms with Crippen molar-refractivity contribution >= 4 is 29.1 Å². The van der Waals surface area contributed by atoms with Gasteiger partial charge in [-0.15, -0.1) is 0 Å². The highest BCUT2D eigenvalue weighted by Crippen LogP contribution is 2.17. The quantitative estimate of drug-likeness (QED) is 0.560. The van der Waals surface area contributed by atoms with Crippen molar-refractivity contribution in [2.45, 2.75) is 52.0 Å². The van der Waals surface area contributed by atoms with E-state index in [1.807, 2.05) is 36.9 Å². The molecular formula is C26H34N4O3. The smallest absolute Gasteiger partial charge is 0.253 e. The minimum atomic E-state index is -0.212. The monoisotopic (exact) mass is 450 g/mol. The Balaban J connectivity index is 1.51. The molecule has 1 fully saturated rings. The van der Waals surface area contributed by atoms with Crippen molar-refractivity contribution in [2.24, 2.45) is 0 Å². The predicted molar refractivity (Wildman–Crippen MR) is 132 cm³/mol. The lowest BCUT2D eigenvalue weighted by molar-refractivity contribution is -0.114. The fourth-order valence-electron chi connectivity index (χ4n) is 3.72. The molecule has 1 aliphatic heterocycles. The van der Waals surface area contributed by atoms with Crippen LogP contribution in [0.15, 0.2) is 48.5 Å². The number of rotatable bonds is 8. The first-order valence-electron chi connectivity index (χ1n) is 11.8. The van der Waals surface area contributed by atoms with Gasteiger partial charge in [-0.2, -0.15) is 0 Å². The summed E-state index contributed by atoms with van der Waals surface area (Å²) in [5.41, 5.74) is 2.53. The van der Waals surface area contributed by atoms with Gasteiger partial charge in [0.25, 0.3) is 11.8 Å². The first-order chi connectivity index (χ1) is 16.0. The van der Waals surface area contributed by atoms with E-state index in [4.69, 9.17) is 0 Å². The third kappa shape index (κ3) is 7.34. The van der Waals surface area contributed by atoms with Gasteiger partial charge in [0.1, 0.15) is 0 Å². The van der Waals surface area contributed by atoms with Crippen LogP contribution in [0.5, 0.6) is 0 Å². The Morgan fingerprint density at radius 1 is 0.909 bits per heavy atom. The van der Waals surface area contributed by atoms with Gasteiger partial charge in [-0.1, -0.05) is 25.8 Å². The zero-order valence-corrected chi connectivity index (χ0v) is 19.5. The summed E-state index contributed by atoms with van der Waals surface area (Å²) in [5.74, 6) is -0.294. The molecule has 0 bridgehead atoms. The molecular weight excluding hydrogens is 416 g/mol. The summed E-state index contributed by atoms with van der Waals surface area (Å²) in [7, 11) is 0. The van der Waals surface area contributed by atoms with Gasteiger partial charge < -0.3 is 20.9 Å². The Kier molecular flexibility index (Phi) is 8.87. The molecule has 7 nitrogen and oxygen atoms in total. The lowest BCUT2D eigenvalue weighted by Gasteiger charge is -2.20. The van der Waals surface area contributed by atoms with Crippen LogP contribution in [-0.4, -0.2) is 48.3 Å². The minimum Gasteiger partial charge on any atom is -0.376 e. The molecule has 0 saturated carbocycles. The number of anilines is 2. The molecule has 176 valence electrons. The first kappa shape index (κ1) is 24.3. The van der Waals surface area contributed by atoms with E-state index in [-0.39, 0.29) is 30.3 Å². The topological polar surface area (TPSA) is 90.5 Å². The van der Waals surface area contributed by atoms with E-state index in [1.165, 1.54) is 12.8 Å². The number of carbonyl (C=O) groups excluding carboxylic acids is 3. The van der Waals surface area contributed by atoms with Gasteiger partial charge in [0.15, 0.2) is 0 Å². The fourth-order valence-corrected chi connectivity index (χ4v) is 3.72. The van der Waals surface area contributed by atoms with Gasteiger partial charge >= 0.3 is 0 Å². The molecule has 1 atom stereocenters. The average Bonchev–Trinajstić information content (AvgIpc) is 3.12. The van der Waals surface area contributed by atoms with Gasteiger partial charge in [0, 0.05) is 41.6 Å². The van der Waals surface area contributed by atoms with Gasteiger partial charge in [0.05, 0.1) is 6.54 Å². The molecule has 33 heavy (non-hydrogen) atoms. The molecule has 3 amide bonds. The van der Waals surface area contributed by atoms with Crippen LogP contribution in [0.4, 0.5) is 11.4 Å². The zero-order chi connectivity index (χ0) is 23.6. The van der Waals surface area contributed by atoms with Crippen LogP contribution in [0.25, 0.3) is 0 Å². The van der Waals surface area contributed by atoms with Crippen molar-refractivity contribution in [3.05, 3.63) is 59.7 Å². The average molecular weight is 451 g/mol. The molecule has 2 aromatic rings. The Labute approximate surface area is 195 Å². The highest BCUT2D eigenvalue weighted by Gasteiger charge is 2.17. The largest absolute Gasteiger partial charge is 0.376 e. The van der Waals surface area contributed by atoms with Crippen molar-refractivity contribution in [3.63, 3.8) is 0 Å². The first-order valence-corrected chi connectivity index (χ1v) is 11.8. The standard InChI is InChI=1S/C26H34N4O3/c1-3-19(2)28-25(32)20-11-13-22(14-12-20)29-24(31)18-27-23-10-8-9-21(17-23)26(33)30-15-6-4-5-7-16-30/h8-14,17,19,27H,3-7,15-16,18H2,1-2H3,(H,28,32)(H,29,31). The van der Waals surface area contributed by atoms with E-state index < -0.39 is 0 Å². The second-order valence-corrected chi connectivity index (χ2v) is 8.55. The van der Waals surface area contributed by atoms with Gasteiger partial charge in [-0.05, 0) is 68.7 Å². The molecule has 1 saturated heterocycles. The van der Waals surface area contributed by atoms with Crippen molar-refractivity contribution in [1.29, 1.82) is 0 Å². The molecule has 0 aliphatic carbocycles. The summed E-state index contributed by atoms with van der Waals surface area (Å²) in [6.07, 6.45) is 5.31. The number of hydrogen-bond acceptors (Lipinski definition) is 4. The highest BCUT2D eigenvalue weighted by atomic mass is 16.2. The second-order valence-electron chi connectivity index (χ2n) is 8.55. The number of hydrogen-bond donors (Lipinski definition) is 3. The fraction of sp³-hybridized carbons (Fsp3) is 0.423. The summed E-state index contributed by atoms with van der Waals surface area (Å²) in [6, 6.07) is 14.2. The Morgan fingerprint density at radius 2 is 1.61 bits per heavy atom. The lowest BCUT2D eigenvalue weighted by Crippen LogP contribution is -2.32. The minimum absolute atomic E-state index is 0.0439. The van der Waals surface area contributed by atoms with Crippen molar-refractivity contribution in [1.82, 2.24) is 10.2 Å². The highest BCUT2D eigenvalue weighted by molar-refractivity contribution is 5.97. The van der Waals surface area contributed by atoms with Crippen LogP contribution < -0.4 is 16.0 Å². The van der Waals surface area contributed by atoms with Crippen LogP contribution in [0.1, 0.15) is 66.7 Å². The van der Waals surface area contributed by atoms with E-state index >= 15 is 0 Å². The van der Waals surface area contributed by atoms with E-state index in [9.17, 15) is 14.4 Å². The maximum Gasteiger partial charge on any atom is 0.253 e. The predicted octanol–water partition coefficient (Wildman–Crippen LogP) is 4.28. The number of benzene rings is 2. The van der Waals surface area contributed by atoms with Crippen molar-refractivity contribution in [3.8, 4) is 0 Å². The number of amides is 3. The van der Waals surface area contributed by atoms with Crippen LogP contribution >= 0.6 is 0 Å². The zero-order valence-electron chi connectivity index (χ0n) is 19.5. The van der Waals surface area contributed by atoms with Crippen LogP contribution in [-0.2, 0) is 4.79 Å². The molecule has 1 heterocycles. The maximum atomic E-state index is 12.8.